The average molecular weight is 405 g/mol. The predicted molar refractivity (Wildman–Crippen MR) is 114 cm³/mol. The monoisotopic (exact) mass is 404 g/mol. The fraction of sp³-hybridized carbons (Fsp3) is 0.333. The molecule has 0 unspecified atom stereocenters. The molecule has 152 valence electrons. The topological polar surface area (TPSA) is 87.5 Å². The summed E-state index contributed by atoms with van der Waals surface area (Å²) >= 11 is 0. The maximum absolute atomic E-state index is 12.0. The van der Waals surface area contributed by atoms with Gasteiger partial charge in [0, 0.05) is 39.1 Å². The van der Waals surface area contributed by atoms with Gasteiger partial charge in [-0.1, -0.05) is 60.7 Å². The number of urea groups is 1. The summed E-state index contributed by atoms with van der Waals surface area (Å²) in [6, 6.07) is 19.3. The number of carbonyl (C=O) groups is 2. The molecule has 0 saturated heterocycles. The molecule has 0 aromatic heterocycles. The number of hydrogen-bond acceptors (Lipinski definition) is 4. The van der Waals surface area contributed by atoms with Crippen molar-refractivity contribution in [3.8, 4) is 0 Å². The van der Waals surface area contributed by atoms with E-state index in [9.17, 15) is 9.59 Å². The Hall–Kier alpha value is -2.41. The molecule has 4 N–H and O–H groups in total. The summed E-state index contributed by atoms with van der Waals surface area (Å²) in [6.07, 6.45) is 1.16. The van der Waals surface area contributed by atoms with Gasteiger partial charge in [-0.15, -0.1) is 12.4 Å². The molecule has 2 aromatic rings. The van der Waals surface area contributed by atoms with Crippen LogP contribution in [0.3, 0.4) is 0 Å². The number of hydrogen-bond donors (Lipinski definition) is 3. The van der Waals surface area contributed by atoms with Crippen molar-refractivity contribution in [2.75, 3.05) is 26.2 Å². The van der Waals surface area contributed by atoms with E-state index in [-0.39, 0.29) is 24.7 Å². The van der Waals surface area contributed by atoms with Gasteiger partial charge in [0.2, 0.25) is 5.91 Å². The van der Waals surface area contributed by atoms with Gasteiger partial charge in [-0.2, -0.15) is 0 Å². The number of nitrogens with one attached hydrogen (secondary N) is 2. The summed E-state index contributed by atoms with van der Waals surface area (Å²) in [6.45, 7) is 3.04. The van der Waals surface area contributed by atoms with Crippen molar-refractivity contribution >= 4 is 24.3 Å². The molecule has 0 saturated carbocycles. The molecule has 2 aromatic carbocycles. The third-order valence-corrected chi connectivity index (χ3v) is 4.21. The van der Waals surface area contributed by atoms with E-state index in [1.54, 1.807) is 0 Å². The van der Waals surface area contributed by atoms with Crippen LogP contribution in [-0.2, 0) is 17.8 Å². The Bertz CT molecular complexity index is 698. The molecule has 28 heavy (non-hydrogen) atoms. The average Bonchev–Trinajstić information content (AvgIpc) is 2.70. The number of amides is 3. The second kappa shape index (κ2) is 13.7. The number of rotatable bonds is 10. The lowest BCUT2D eigenvalue weighted by Gasteiger charge is -2.21. The van der Waals surface area contributed by atoms with Crippen LogP contribution < -0.4 is 16.4 Å². The second-order valence-electron chi connectivity index (χ2n) is 6.33. The Balaban J connectivity index is 0.00000392. The summed E-state index contributed by atoms with van der Waals surface area (Å²) < 4.78 is 0. The molecule has 0 spiro atoms. The SMILES string of the molecule is Cl.NCCN(CCC(=O)NC(=O)NCc1ccccc1)CCc1ccccc1. The number of halogens is 1. The van der Waals surface area contributed by atoms with Crippen LogP contribution in [0, 0.1) is 0 Å². The molecule has 0 heterocycles. The first-order valence-corrected chi connectivity index (χ1v) is 9.25. The van der Waals surface area contributed by atoms with Gasteiger partial charge < -0.3 is 16.0 Å². The van der Waals surface area contributed by atoms with Crippen LogP contribution >= 0.6 is 12.4 Å². The predicted octanol–water partition coefficient (Wildman–Crippen LogP) is 2.33. The third kappa shape index (κ3) is 9.50. The summed E-state index contributed by atoms with van der Waals surface area (Å²) in [5, 5.41) is 5.06. The lowest BCUT2D eigenvalue weighted by Crippen LogP contribution is -2.41. The zero-order valence-corrected chi connectivity index (χ0v) is 16.8. The van der Waals surface area contributed by atoms with Crippen LogP contribution in [0.4, 0.5) is 4.79 Å². The first kappa shape index (κ1) is 23.6. The van der Waals surface area contributed by atoms with Crippen LogP contribution in [0.5, 0.6) is 0 Å². The van der Waals surface area contributed by atoms with Gasteiger partial charge >= 0.3 is 6.03 Å². The number of benzene rings is 2. The van der Waals surface area contributed by atoms with Crippen LogP contribution in [0.15, 0.2) is 60.7 Å². The van der Waals surface area contributed by atoms with Gasteiger partial charge in [0.05, 0.1) is 0 Å². The van der Waals surface area contributed by atoms with Crippen LogP contribution in [0.2, 0.25) is 0 Å². The Morgan fingerprint density at radius 2 is 1.46 bits per heavy atom. The van der Waals surface area contributed by atoms with E-state index in [2.05, 4.69) is 27.7 Å². The van der Waals surface area contributed by atoms with Crippen molar-refractivity contribution in [3.63, 3.8) is 0 Å². The van der Waals surface area contributed by atoms with E-state index < -0.39 is 6.03 Å². The zero-order chi connectivity index (χ0) is 19.3. The second-order valence-corrected chi connectivity index (χ2v) is 6.33. The zero-order valence-electron chi connectivity index (χ0n) is 16.0. The molecule has 3 amide bonds. The smallest absolute Gasteiger partial charge is 0.321 e. The summed E-state index contributed by atoms with van der Waals surface area (Å²) in [5.41, 5.74) is 7.91. The molecule has 0 radical (unpaired) electrons. The van der Waals surface area contributed by atoms with Crippen molar-refractivity contribution in [2.45, 2.75) is 19.4 Å². The normalized spacial score (nSPS) is 10.2. The maximum Gasteiger partial charge on any atom is 0.321 e. The minimum atomic E-state index is -0.474. The van der Waals surface area contributed by atoms with E-state index in [0.717, 1.165) is 25.1 Å². The van der Waals surface area contributed by atoms with Crippen LogP contribution in [0.1, 0.15) is 17.5 Å². The van der Waals surface area contributed by atoms with Crippen molar-refractivity contribution in [1.82, 2.24) is 15.5 Å². The standard InChI is InChI=1S/C21H28N4O2.ClH/c22-13-16-25(14-11-18-7-3-1-4-8-18)15-12-20(26)24-21(27)23-17-19-9-5-2-6-10-19;/h1-10H,11-17,22H2,(H2,23,24,26,27);1H. The largest absolute Gasteiger partial charge is 0.334 e. The van der Waals surface area contributed by atoms with Crippen molar-refractivity contribution in [2.24, 2.45) is 5.73 Å². The van der Waals surface area contributed by atoms with E-state index in [1.807, 2.05) is 48.5 Å². The highest BCUT2D eigenvalue weighted by molar-refractivity contribution is 5.94. The van der Waals surface area contributed by atoms with Crippen molar-refractivity contribution < 1.29 is 9.59 Å². The van der Waals surface area contributed by atoms with Gasteiger partial charge in [0.1, 0.15) is 0 Å². The molecular formula is C21H29ClN4O2. The van der Waals surface area contributed by atoms with Gasteiger partial charge in [0.25, 0.3) is 0 Å². The number of nitrogens with zero attached hydrogens (tertiary/aromatic N) is 1. The first-order valence-electron chi connectivity index (χ1n) is 9.25. The Kier molecular flexibility index (Phi) is 11.6. The van der Waals surface area contributed by atoms with E-state index in [1.165, 1.54) is 5.56 Å². The molecule has 6 nitrogen and oxygen atoms in total. The maximum atomic E-state index is 12.0. The van der Waals surface area contributed by atoms with Crippen molar-refractivity contribution in [1.29, 1.82) is 0 Å². The molecule has 0 bridgehead atoms. The number of imide groups is 1. The van der Waals surface area contributed by atoms with E-state index in [0.29, 0.717) is 19.6 Å². The number of carbonyl (C=O) groups excluding carboxylic acids is 2. The highest BCUT2D eigenvalue weighted by Gasteiger charge is 2.11. The fourth-order valence-electron chi connectivity index (χ4n) is 2.72. The minimum absolute atomic E-state index is 0. The van der Waals surface area contributed by atoms with Crippen molar-refractivity contribution in [3.05, 3.63) is 71.8 Å². The molecule has 2 rings (SSSR count). The Morgan fingerprint density at radius 3 is 2.07 bits per heavy atom. The quantitative estimate of drug-likeness (QED) is 0.567. The lowest BCUT2D eigenvalue weighted by atomic mass is 10.1. The fourth-order valence-corrected chi connectivity index (χ4v) is 2.72. The number of nitrogens with two attached hydrogens (primary N) is 1. The Morgan fingerprint density at radius 1 is 0.857 bits per heavy atom. The molecule has 0 aliphatic heterocycles. The minimum Gasteiger partial charge on any atom is -0.334 e. The van der Waals surface area contributed by atoms with E-state index >= 15 is 0 Å². The third-order valence-electron chi connectivity index (χ3n) is 4.21. The highest BCUT2D eigenvalue weighted by Crippen LogP contribution is 2.02. The molecule has 7 heteroatoms. The van der Waals surface area contributed by atoms with Crippen LogP contribution in [-0.4, -0.2) is 43.0 Å². The van der Waals surface area contributed by atoms with Gasteiger partial charge in [-0.05, 0) is 17.5 Å². The Labute approximate surface area is 172 Å². The summed E-state index contributed by atoms with van der Waals surface area (Å²) in [5.74, 6) is -0.290. The molecular weight excluding hydrogens is 376 g/mol. The molecule has 0 atom stereocenters. The summed E-state index contributed by atoms with van der Waals surface area (Å²) in [4.78, 5) is 26.0. The lowest BCUT2D eigenvalue weighted by molar-refractivity contribution is -0.120. The van der Waals surface area contributed by atoms with Crippen LogP contribution in [0.25, 0.3) is 0 Å². The van der Waals surface area contributed by atoms with Gasteiger partial charge in [-0.25, -0.2) is 4.79 Å². The molecule has 0 aliphatic carbocycles. The first-order chi connectivity index (χ1) is 13.2. The van der Waals surface area contributed by atoms with Gasteiger partial charge in [-0.3, -0.25) is 10.1 Å². The van der Waals surface area contributed by atoms with E-state index in [4.69, 9.17) is 5.73 Å². The molecule has 0 aliphatic rings. The highest BCUT2D eigenvalue weighted by atomic mass is 35.5. The molecule has 0 fully saturated rings. The summed E-state index contributed by atoms with van der Waals surface area (Å²) in [7, 11) is 0. The van der Waals surface area contributed by atoms with Gasteiger partial charge in [0.15, 0.2) is 0 Å².